The molecule has 0 unspecified atom stereocenters. The summed E-state index contributed by atoms with van der Waals surface area (Å²) in [5.41, 5.74) is -0.389. The number of rotatable bonds is 0. The maximum absolute atomic E-state index is 9.49. The topological polar surface area (TPSA) is 70.6 Å². The Balaban J connectivity index is 0. The van der Waals surface area contributed by atoms with Crippen LogP contribution < -0.4 is 56.5 Å². The summed E-state index contributed by atoms with van der Waals surface area (Å²) in [4.78, 5) is 0. The van der Waals surface area contributed by atoms with Crippen LogP contribution in [0.1, 0.15) is 0 Å². The second-order valence-corrected chi connectivity index (χ2v) is 0.755. The van der Waals surface area contributed by atoms with Crippen LogP contribution in [0.2, 0.25) is 0 Å². The first-order valence-corrected chi connectivity index (χ1v) is 1.47. The van der Waals surface area contributed by atoms with E-state index in [1.807, 2.05) is 0 Å². The molecular weight excluding hydrogens is 131 g/mol. The van der Waals surface area contributed by atoms with E-state index in [0.29, 0.717) is 0 Å². The van der Waals surface area contributed by atoms with E-state index in [-0.39, 0.29) is 63.2 Å². The smallest absolute Gasteiger partial charge is 0.877 e. The van der Waals surface area contributed by atoms with Gasteiger partial charge in [-0.05, 0) is 0 Å². The van der Waals surface area contributed by atoms with Gasteiger partial charge in [0.25, 0.3) is 0 Å². The van der Waals surface area contributed by atoms with Crippen LogP contribution in [0.25, 0.3) is 0 Å². The van der Waals surface area contributed by atoms with E-state index >= 15 is 0 Å². The standard InChI is InChI=1S/C4H2N2O.K/c5-1-4(2-6)3-7;/h3,7H;/q;+1/p-1. The van der Waals surface area contributed by atoms with Gasteiger partial charge in [0.1, 0.15) is 17.7 Å². The zero-order valence-electron chi connectivity index (χ0n) is 4.38. The number of allylic oxidation sites excluding steroid dienone is 1. The zero-order chi connectivity index (χ0) is 5.70. The average Bonchev–Trinajstić information content (AvgIpc) is 1.72. The fourth-order valence-corrected chi connectivity index (χ4v) is 0.0777. The summed E-state index contributed by atoms with van der Waals surface area (Å²) < 4.78 is 0. The van der Waals surface area contributed by atoms with Gasteiger partial charge in [0.05, 0.1) is 0 Å². The Hall–Kier alpha value is 0.156. The number of nitriles is 2. The van der Waals surface area contributed by atoms with Crippen LogP contribution in [0.3, 0.4) is 0 Å². The molecule has 0 atom stereocenters. The first-order valence-electron chi connectivity index (χ1n) is 1.47. The molecule has 34 valence electrons. The second kappa shape index (κ2) is 7.16. The maximum atomic E-state index is 9.49. The molecule has 0 saturated carbocycles. The minimum atomic E-state index is -0.389. The van der Waals surface area contributed by atoms with E-state index < -0.39 is 0 Å². The number of hydrogen-bond acceptors (Lipinski definition) is 3. The summed E-state index contributed by atoms with van der Waals surface area (Å²) >= 11 is 0. The molecule has 0 heterocycles. The minimum absolute atomic E-state index is 0. The van der Waals surface area contributed by atoms with Crippen molar-refractivity contribution in [1.29, 1.82) is 10.5 Å². The van der Waals surface area contributed by atoms with Gasteiger partial charge in [0, 0.05) is 0 Å². The molecule has 0 aliphatic rings. The second-order valence-electron chi connectivity index (χ2n) is 0.755. The average molecular weight is 132 g/mol. The van der Waals surface area contributed by atoms with Crippen molar-refractivity contribution in [2.45, 2.75) is 0 Å². The molecule has 0 rings (SSSR count). The van der Waals surface area contributed by atoms with Gasteiger partial charge in [-0.2, -0.15) is 10.5 Å². The van der Waals surface area contributed by atoms with E-state index in [0.717, 1.165) is 0 Å². The van der Waals surface area contributed by atoms with Crippen molar-refractivity contribution in [2.24, 2.45) is 0 Å². The van der Waals surface area contributed by atoms with Crippen LogP contribution in [-0.4, -0.2) is 0 Å². The first kappa shape index (κ1) is 11.0. The van der Waals surface area contributed by atoms with Gasteiger partial charge in [0.15, 0.2) is 0 Å². The van der Waals surface area contributed by atoms with Crippen LogP contribution in [0.15, 0.2) is 11.8 Å². The molecule has 8 heavy (non-hydrogen) atoms. The maximum Gasteiger partial charge on any atom is 1.00 e. The molecule has 0 spiro atoms. The number of hydrogen-bond donors (Lipinski definition) is 0. The molecule has 0 bridgehead atoms. The predicted octanol–water partition coefficient (Wildman–Crippen LogP) is -3.72. The van der Waals surface area contributed by atoms with Crippen molar-refractivity contribution in [2.75, 3.05) is 0 Å². The summed E-state index contributed by atoms with van der Waals surface area (Å²) in [6.45, 7) is 0. The Kier molecular flexibility index (Phi) is 9.86. The van der Waals surface area contributed by atoms with E-state index in [1.165, 1.54) is 12.1 Å². The molecule has 4 heteroatoms. The minimum Gasteiger partial charge on any atom is -0.877 e. The molecule has 0 fully saturated rings. The van der Waals surface area contributed by atoms with E-state index in [4.69, 9.17) is 10.5 Å². The Morgan fingerprint density at radius 2 is 1.75 bits per heavy atom. The van der Waals surface area contributed by atoms with Crippen LogP contribution >= 0.6 is 0 Å². The summed E-state index contributed by atoms with van der Waals surface area (Å²) in [5, 5.41) is 25.1. The van der Waals surface area contributed by atoms with E-state index in [1.54, 1.807) is 0 Å². The summed E-state index contributed by atoms with van der Waals surface area (Å²) in [6.07, 6.45) is 0.222. The van der Waals surface area contributed by atoms with Crippen molar-refractivity contribution in [3.05, 3.63) is 11.8 Å². The molecule has 3 nitrogen and oxygen atoms in total. The number of nitrogens with zero attached hydrogens (tertiary/aromatic N) is 2. The molecular formula is C4HKN2O. The molecule has 0 saturated heterocycles. The molecule has 0 aromatic carbocycles. The van der Waals surface area contributed by atoms with Crippen LogP contribution in [-0.2, 0) is 0 Å². The van der Waals surface area contributed by atoms with Crippen molar-refractivity contribution in [3.63, 3.8) is 0 Å². The Morgan fingerprint density at radius 3 is 1.75 bits per heavy atom. The van der Waals surface area contributed by atoms with E-state index in [2.05, 4.69) is 0 Å². The zero-order valence-corrected chi connectivity index (χ0v) is 7.50. The molecule has 0 aliphatic heterocycles. The Morgan fingerprint density at radius 1 is 1.38 bits per heavy atom. The molecule has 0 aromatic heterocycles. The van der Waals surface area contributed by atoms with Gasteiger partial charge in [-0.15, -0.1) is 6.26 Å². The van der Waals surface area contributed by atoms with E-state index in [9.17, 15) is 5.11 Å². The third-order valence-corrected chi connectivity index (χ3v) is 0.359. The molecule has 0 radical (unpaired) electrons. The fraction of sp³-hybridized carbons (Fsp3) is 0. The monoisotopic (exact) mass is 132 g/mol. The van der Waals surface area contributed by atoms with Crippen LogP contribution in [0.4, 0.5) is 0 Å². The predicted molar refractivity (Wildman–Crippen MR) is 19.3 cm³/mol. The molecule has 0 aromatic rings. The summed E-state index contributed by atoms with van der Waals surface area (Å²) in [7, 11) is 0. The quantitative estimate of drug-likeness (QED) is 0.193. The van der Waals surface area contributed by atoms with Gasteiger partial charge in [0.2, 0.25) is 0 Å². The summed E-state index contributed by atoms with van der Waals surface area (Å²) in [5.74, 6) is 0. The molecule has 0 amide bonds. The van der Waals surface area contributed by atoms with Crippen molar-refractivity contribution < 1.29 is 56.5 Å². The van der Waals surface area contributed by atoms with Crippen molar-refractivity contribution >= 4 is 0 Å². The third-order valence-electron chi connectivity index (χ3n) is 0.359. The van der Waals surface area contributed by atoms with Gasteiger partial charge in [-0.25, -0.2) is 0 Å². The largest absolute Gasteiger partial charge is 1.00 e. The summed E-state index contributed by atoms with van der Waals surface area (Å²) in [6, 6.07) is 2.78. The van der Waals surface area contributed by atoms with Gasteiger partial charge in [-0.3, -0.25) is 0 Å². The van der Waals surface area contributed by atoms with Crippen molar-refractivity contribution in [3.8, 4) is 12.1 Å². The van der Waals surface area contributed by atoms with Gasteiger partial charge >= 0.3 is 51.4 Å². The normalized spacial score (nSPS) is 4.75. The van der Waals surface area contributed by atoms with Crippen molar-refractivity contribution in [1.82, 2.24) is 0 Å². The fourth-order valence-electron chi connectivity index (χ4n) is 0.0777. The SMILES string of the molecule is N#CC(C#N)=C[O-].[K+]. The van der Waals surface area contributed by atoms with Gasteiger partial charge in [-0.1, -0.05) is 0 Å². The third kappa shape index (κ3) is 4.32. The van der Waals surface area contributed by atoms with Crippen LogP contribution in [0, 0.1) is 22.7 Å². The first-order chi connectivity index (χ1) is 3.35. The van der Waals surface area contributed by atoms with Gasteiger partial charge < -0.3 is 5.11 Å². The Labute approximate surface area is 89.6 Å². The van der Waals surface area contributed by atoms with Crippen LogP contribution in [0.5, 0.6) is 0 Å². The Bertz CT molecular complexity index is 146. The molecule has 0 N–H and O–H groups in total. The molecule has 0 aliphatic carbocycles.